The number of benzene rings is 1. The second kappa shape index (κ2) is 9.98. The van der Waals surface area contributed by atoms with E-state index >= 15 is 0 Å². The molecule has 2 fully saturated rings. The normalized spacial score (nSPS) is 24.3. The van der Waals surface area contributed by atoms with Crippen LogP contribution in [-0.4, -0.2) is 34.8 Å². The molecule has 1 heterocycles. The fourth-order valence-electron chi connectivity index (χ4n) is 5.11. The fraction of sp³-hybridized carbons (Fsp3) is 0.692. The molecule has 3 rings (SSSR count). The maximum absolute atomic E-state index is 13.5. The van der Waals surface area contributed by atoms with Crippen molar-refractivity contribution in [3.05, 3.63) is 35.4 Å². The molecule has 4 heteroatoms. The van der Waals surface area contributed by atoms with Crippen LogP contribution in [0.5, 0.6) is 0 Å². The van der Waals surface area contributed by atoms with Gasteiger partial charge in [0.15, 0.2) is 0 Å². The molecule has 1 aliphatic carbocycles. The van der Waals surface area contributed by atoms with E-state index in [1.165, 1.54) is 50.5 Å². The van der Waals surface area contributed by atoms with Gasteiger partial charge in [-0.25, -0.2) is 0 Å². The number of nitrogens with one attached hydrogen (secondary N) is 1. The first kappa shape index (κ1) is 22.8. The van der Waals surface area contributed by atoms with Gasteiger partial charge >= 0.3 is 0 Å². The highest BCUT2D eigenvalue weighted by molar-refractivity contribution is 5.97. The van der Waals surface area contributed by atoms with E-state index in [-0.39, 0.29) is 23.4 Å². The summed E-state index contributed by atoms with van der Waals surface area (Å²) in [5.41, 5.74) is 1.69. The molecular formula is C26H40N2O2. The zero-order chi connectivity index (χ0) is 21.7. The van der Waals surface area contributed by atoms with Gasteiger partial charge in [-0.15, -0.1) is 0 Å². The molecule has 4 nitrogen and oxygen atoms in total. The van der Waals surface area contributed by atoms with Crippen molar-refractivity contribution in [3.8, 4) is 0 Å². The monoisotopic (exact) mass is 412 g/mol. The molecule has 1 saturated heterocycles. The van der Waals surface area contributed by atoms with Crippen molar-refractivity contribution in [2.24, 2.45) is 11.8 Å². The standard InChI is InChI=1S/C26H40N2O2/c1-5-6-7-10-19-13-15-20(16-14-19)25(30)28-18-22-12-9-8-11-21(22)17-23(28)24(29)27-26(2,3)4/h13-16,21-23H,5-12,17-18H2,1-4H3,(H,27,29). The summed E-state index contributed by atoms with van der Waals surface area (Å²) in [5, 5.41) is 3.13. The Bertz CT molecular complexity index is 720. The number of carbonyl (C=O) groups is 2. The van der Waals surface area contributed by atoms with Crippen LogP contribution in [0.25, 0.3) is 0 Å². The first-order valence-corrected chi connectivity index (χ1v) is 12.0. The van der Waals surface area contributed by atoms with Gasteiger partial charge in [0.2, 0.25) is 5.91 Å². The summed E-state index contributed by atoms with van der Waals surface area (Å²) in [5.74, 6) is 1.11. The Morgan fingerprint density at radius 2 is 1.70 bits per heavy atom. The minimum atomic E-state index is -0.361. The van der Waals surface area contributed by atoms with Crippen molar-refractivity contribution in [2.75, 3.05) is 6.54 Å². The Labute approximate surface area is 182 Å². The van der Waals surface area contributed by atoms with Crippen LogP contribution in [0.2, 0.25) is 0 Å². The smallest absolute Gasteiger partial charge is 0.254 e. The van der Waals surface area contributed by atoms with Crippen molar-refractivity contribution < 1.29 is 9.59 Å². The molecular weight excluding hydrogens is 372 g/mol. The lowest BCUT2D eigenvalue weighted by molar-refractivity contribution is -0.130. The van der Waals surface area contributed by atoms with E-state index in [4.69, 9.17) is 0 Å². The largest absolute Gasteiger partial charge is 0.350 e. The summed E-state index contributed by atoms with van der Waals surface area (Å²) < 4.78 is 0. The SMILES string of the molecule is CCCCCc1ccc(C(=O)N2CC3CCCCC3CC2C(=O)NC(C)(C)C)cc1. The number of nitrogens with zero attached hydrogens (tertiary/aromatic N) is 1. The molecule has 3 unspecified atom stereocenters. The number of likely N-dealkylation sites (tertiary alicyclic amines) is 1. The molecule has 2 amide bonds. The lowest BCUT2D eigenvalue weighted by Gasteiger charge is -2.46. The van der Waals surface area contributed by atoms with Crippen molar-refractivity contribution >= 4 is 11.8 Å². The summed E-state index contributed by atoms with van der Waals surface area (Å²) in [6.07, 6.45) is 10.4. The highest BCUT2D eigenvalue weighted by Crippen LogP contribution is 2.39. The molecule has 0 spiro atoms. The van der Waals surface area contributed by atoms with Crippen LogP contribution in [0.4, 0.5) is 0 Å². The molecule has 1 N–H and O–H groups in total. The topological polar surface area (TPSA) is 49.4 Å². The number of hydrogen-bond acceptors (Lipinski definition) is 2. The number of amides is 2. The number of unbranched alkanes of at least 4 members (excludes halogenated alkanes) is 2. The first-order valence-electron chi connectivity index (χ1n) is 12.0. The van der Waals surface area contributed by atoms with Crippen molar-refractivity contribution in [1.29, 1.82) is 0 Å². The van der Waals surface area contributed by atoms with E-state index in [0.717, 1.165) is 12.8 Å². The van der Waals surface area contributed by atoms with Gasteiger partial charge in [0, 0.05) is 17.6 Å². The molecule has 1 aromatic rings. The predicted octanol–water partition coefficient (Wildman–Crippen LogP) is 5.35. The highest BCUT2D eigenvalue weighted by Gasteiger charge is 2.42. The Morgan fingerprint density at radius 3 is 2.33 bits per heavy atom. The highest BCUT2D eigenvalue weighted by atomic mass is 16.2. The zero-order valence-electron chi connectivity index (χ0n) is 19.4. The van der Waals surface area contributed by atoms with E-state index in [9.17, 15) is 9.59 Å². The number of hydrogen-bond donors (Lipinski definition) is 1. The molecule has 0 aromatic heterocycles. The van der Waals surface area contributed by atoms with E-state index < -0.39 is 0 Å². The van der Waals surface area contributed by atoms with E-state index in [1.807, 2.05) is 37.8 Å². The van der Waals surface area contributed by atoms with E-state index in [1.54, 1.807) is 0 Å². The van der Waals surface area contributed by atoms with Gasteiger partial charge in [0.05, 0.1) is 0 Å². The van der Waals surface area contributed by atoms with Crippen molar-refractivity contribution in [2.45, 2.75) is 97.1 Å². The lowest BCUT2D eigenvalue weighted by atomic mass is 9.72. The van der Waals surface area contributed by atoms with Crippen LogP contribution >= 0.6 is 0 Å². The number of carbonyl (C=O) groups excluding carboxylic acids is 2. The van der Waals surface area contributed by atoms with Gasteiger partial charge in [-0.2, -0.15) is 0 Å². The summed E-state index contributed by atoms with van der Waals surface area (Å²) in [4.78, 5) is 28.5. The average molecular weight is 413 g/mol. The van der Waals surface area contributed by atoms with Crippen LogP contribution < -0.4 is 5.32 Å². The minimum Gasteiger partial charge on any atom is -0.350 e. The molecule has 1 aliphatic heterocycles. The number of piperidine rings is 1. The maximum Gasteiger partial charge on any atom is 0.254 e. The second-order valence-corrected chi connectivity index (χ2v) is 10.4. The van der Waals surface area contributed by atoms with E-state index in [2.05, 4.69) is 24.4 Å². The second-order valence-electron chi connectivity index (χ2n) is 10.4. The third-order valence-corrected chi connectivity index (χ3v) is 6.73. The number of fused-ring (bicyclic) bond motifs is 1. The van der Waals surface area contributed by atoms with E-state index in [0.29, 0.717) is 23.9 Å². The first-order chi connectivity index (χ1) is 14.3. The molecule has 166 valence electrons. The summed E-state index contributed by atoms with van der Waals surface area (Å²) in [6.45, 7) is 8.93. The van der Waals surface area contributed by atoms with Crippen LogP contribution in [-0.2, 0) is 11.2 Å². The molecule has 2 aliphatic rings. The third kappa shape index (κ3) is 5.86. The molecule has 0 bridgehead atoms. The van der Waals surface area contributed by atoms with Gasteiger partial charge in [-0.3, -0.25) is 9.59 Å². The molecule has 1 saturated carbocycles. The molecule has 1 aromatic carbocycles. The van der Waals surface area contributed by atoms with Crippen LogP contribution in [0, 0.1) is 11.8 Å². The predicted molar refractivity (Wildman–Crippen MR) is 122 cm³/mol. The summed E-state index contributed by atoms with van der Waals surface area (Å²) in [7, 11) is 0. The van der Waals surface area contributed by atoms with Gasteiger partial charge in [0.25, 0.3) is 5.91 Å². The quantitative estimate of drug-likeness (QED) is 0.640. The Balaban J connectivity index is 1.76. The molecule has 3 atom stereocenters. The van der Waals surface area contributed by atoms with Crippen LogP contribution in [0.1, 0.15) is 95.0 Å². The fourth-order valence-corrected chi connectivity index (χ4v) is 5.11. The number of aryl methyl sites for hydroxylation is 1. The van der Waals surface area contributed by atoms with Crippen molar-refractivity contribution in [1.82, 2.24) is 10.2 Å². The minimum absolute atomic E-state index is 0.00365. The third-order valence-electron chi connectivity index (χ3n) is 6.73. The van der Waals surface area contributed by atoms with Crippen molar-refractivity contribution in [3.63, 3.8) is 0 Å². The van der Waals surface area contributed by atoms with Gasteiger partial charge in [0.1, 0.15) is 6.04 Å². The Kier molecular flexibility index (Phi) is 7.60. The van der Waals surface area contributed by atoms with Gasteiger partial charge in [-0.05, 0) is 76.0 Å². The molecule has 0 radical (unpaired) electrons. The van der Waals surface area contributed by atoms with Crippen LogP contribution in [0.15, 0.2) is 24.3 Å². The lowest BCUT2D eigenvalue weighted by Crippen LogP contribution is -2.59. The maximum atomic E-state index is 13.5. The molecule has 30 heavy (non-hydrogen) atoms. The van der Waals surface area contributed by atoms with Gasteiger partial charge < -0.3 is 10.2 Å². The zero-order valence-corrected chi connectivity index (χ0v) is 19.4. The Morgan fingerprint density at radius 1 is 1.03 bits per heavy atom. The average Bonchev–Trinajstić information content (AvgIpc) is 2.72. The summed E-state index contributed by atoms with van der Waals surface area (Å²) >= 11 is 0. The van der Waals surface area contributed by atoms with Crippen LogP contribution in [0.3, 0.4) is 0 Å². The Hall–Kier alpha value is -1.84. The summed E-state index contributed by atoms with van der Waals surface area (Å²) in [6, 6.07) is 7.71. The van der Waals surface area contributed by atoms with Gasteiger partial charge in [-0.1, -0.05) is 51.2 Å². The number of rotatable bonds is 6.